The quantitative estimate of drug-likeness (QED) is 0.217. The van der Waals surface area contributed by atoms with Crippen LogP contribution in [0.15, 0.2) is 115 Å². The number of carboxylic acids is 1. The predicted molar refractivity (Wildman–Crippen MR) is 150 cm³/mol. The van der Waals surface area contributed by atoms with Gasteiger partial charge in [-0.25, -0.2) is 4.79 Å². The molecule has 4 aromatic carbocycles. The van der Waals surface area contributed by atoms with Gasteiger partial charge in [-0.1, -0.05) is 91.0 Å². The lowest BCUT2D eigenvalue weighted by Crippen LogP contribution is -2.50. The van der Waals surface area contributed by atoms with E-state index in [2.05, 4.69) is 10.6 Å². The Kier molecular flexibility index (Phi) is 9.63. The second-order valence-electron chi connectivity index (χ2n) is 9.19. The fourth-order valence-corrected chi connectivity index (χ4v) is 4.13. The first-order valence-electron chi connectivity index (χ1n) is 12.8. The number of aliphatic carboxylic acids is 1. The smallest absolute Gasteiger partial charge is 0.326 e. The topological polar surface area (TPSA) is 125 Å². The Bertz CT molecular complexity index is 1400. The minimum absolute atomic E-state index is 0.0147. The summed E-state index contributed by atoms with van der Waals surface area (Å²) in [6.07, 6.45) is -1.76. The van der Waals surface area contributed by atoms with Gasteiger partial charge in [0, 0.05) is 12.0 Å². The van der Waals surface area contributed by atoms with Gasteiger partial charge in [0.2, 0.25) is 0 Å². The molecule has 0 fully saturated rings. The standard InChI is InChI=1S/C32H30N2O6/c35-29(28(24-12-6-2-7-13-24)34-30(36)25-14-8-3-9-15-25)31(37)33-27(32(38)39)20-22-16-18-26(19-17-22)40-21-23-10-4-1-5-11-23/h1-19,27-29,35H,20-21H2,(H,33,37)(H,34,36)(H,38,39)/t27-,28-,29+/m0/s1. The summed E-state index contributed by atoms with van der Waals surface area (Å²) in [6.45, 7) is 0.398. The largest absolute Gasteiger partial charge is 0.489 e. The van der Waals surface area contributed by atoms with Crippen molar-refractivity contribution in [2.75, 3.05) is 0 Å². The zero-order valence-corrected chi connectivity index (χ0v) is 21.6. The highest BCUT2D eigenvalue weighted by atomic mass is 16.5. The van der Waals surface area contributed by atoms with Gasteiger partial charge in [0.1, 0.15) is 18.4 Å². The van der Waals surface area contributed by atoms with Gasteiger partial charge < -0.3 is 25.6 Å². The molecule has 0 bridgehead atoms. The molecule has 8 nitrogen and oxygen atoms in total. The molecule has 0 aliphatic heterocycles. The molecule has 4 N–H and O–H groups in total. The van der Waals surface area contributed by atoms with Gasteiger partial charge in [-0.05, 0) is 41.0 Å². The van der Waals surface area contributed by atoms with E-state index in [-0.39, 0.29) is 6.42 Å². The third kappa shape index (κ3) is 7.78. The van der Waals surface area contributed by atoms with Crippen LogP contribution in [0.4, 0.5) is 0 Å². The third-order valence-corrected chi connectivity index (χ3v) is 6.29. The highest BCUT2D eigenvalue weighted by molar-refractivity contribution is 5.95. The maximum Gasteiger partial charge on any atom is 0.326 e. The monoisotopic (exact) mass is 538 g/mol. The van der Waals surface area contributed by atoms with Gasteiger partial charge in [0.15, 0.2) is 6.10 Å². The number of nitrogens with one attached hydrogen (secondary N) is 2. The van der Waals surface area contributed by atoms with E-state index < -0.39 is 36.0 Å². The molecule has 0 aliphatic rings. The van der Waals surface area contributed by atoms with Gasteiger partial charge in [-0.15, -0.1) is 0 Å². The van der Waals surface area contributed by atoms with Crippen molar-refractivity contribution >= 4 is 17.8 Å². The summed E-state index contributed by atoms with van der Waals surface area (Å²) in [7, 11) is 0. The fraction of sp³-hybridized carbons (Fsp3) is 0.156. The lowest BCUT2D eigenvalue weighted by Gasteiger charge is -2.25. The van der Waals surface area contributed by atoms with Crippen LogP contribution in [0.3, 0.4) is 0 Å². The number of amides is 2. The molecule has 0 spiro atoms. The third-order valence-electron chi connectivity index (χ3n) is 6.29. The predicted octanol–water partition coefficient (Wildman–Crippen LogP) is 3.91. The summed E-state index contributed by atoms with van der Waals surface area (Å²) in [5, 5.41) is 25.9. The zero-order chi connectivity index (χ0) is 28.3. The van der Waals surface area contributed by atoms with Crippen LogP contribution in [-0.2, 0) is 22.6 Å². The van der Waals surface area contributed by atoms with Crippen LogP contribution in [0.2, 0.25) is 0 Å². The number of aliphatic hydroxyl groups is 1. The van der Waals surface area contributed by atoms with Gasteiger partial charge in [-0.2, -0.15) is 0 Å². The molecule has 4 rings (SSSR count). The molecule has 0 radical (unpaired) electrons. The van der Waals surface area contributed by atoms with Crippen LogP contribution >= 0.6 is 0 Å². The van der Waals surface area contributed by atoms with E-state index in [1.807, 2.05) is 30.3 Å². The lowest BCUT2D eigenvalue weighted by atomic mass is 9.99. The molecule has 0 saturated heterocycles. The Morgan fingerprint density at radius 2 is 1.27 bits per heavy atom. The molecule has 8 heteroatoms. The number of hydrogen-bond acceptors (Lipinski definition) is 5. The molecule has 0 saturated carbocycles. The summed E-state index contributed by atoms with van der Waals surface area (Å²) in [5.41, 5.74) is 2.53. The Morgan fingerprint density at radius 1 is 0.700 bits per heavy atom. The van der Waals surface area contributed by atoms with Gasteiger partial charge in [0.05, 0.1) is 6.04 Å². The van der Waals surface area contributed by atoms with Gasteiger partial charge >= 0.3 is 5.97 Å². The van der Waals surface area contributed by atoms with Crippen LogP contribution < -0.4 is 15.4 Å². The van der Waals surface area contributed by atoms with Crippen molar-refractivity contribution in [3.8, 4) is 5.75 Å². The van der Waals surface area contributed by atoms with E-state index in [1.165, 1.54) is 0 Å². The van der Waals surface area contributed by atoms with Crippen molar-refractivity contribution in [3.05, 3.63) is 138 Å². The molecule has 204 valence electrons. The maximum absolute atomic E-state index is 13.1. The van der Waals surface area contributed by atoms with Crippen LogP contribution in [0.25, 0.3) is 0 Å². The van der Waals surface area contributed by atoms with Crippen molar-refractivity contribution in [2.24, 2.45) is 0 Å². The second kappa shape index (κ2) is 13.7. The van der Waals surface area contributed by atoms with E-state index in [0.717, 1.165) is 5.56 Å². The first-order chi connectivity index (χ1) is 19.4. The van der Waals surface area contributed by atoms with Crippen molar-refractivity contribution in [1.29, 1.82) is 0 Å². The molecule has 2 amide bonds. The van der Waals surface area contributed by atoms with E-state index >= 15 is 0 Å². The Balaban J connectivity index is 1.41. The molecule has 3 atom stereocenters. The Labute approximate surface area is 232 Å². The van der Waals surface area contributed by atoms with Crippen molar-refractivity contribution < 1.29 is 29.3 Å². The summed E-state index contributed by atoms with van der Waals surface area (Å²) in [4.78, 5) is 37.9. The highest BCUT2D eigenvalue weighted by Crippen LogP contribution is 2.19. The minimum atomic E-state index is -1.74. The van der Waals surface area contributed by atoms with Crippen LogP contribution in [0.1, 0.15) is 33.1 Å². The minimum Gasteiger partial charge on any atom is -0.489 e. The summed E-state index contributed by atoms with van der Waals surface area (Å²) in [5.74, 6) is -2.03. The van der Waals surface area contributed by atoms with E-state index in [0.29, 0.717) is 29.0 Å². The number of carbonyl (C=O) groups is 3. The van der Waals surface area contributed by atoms with Gasteiger partial charge in [0.25, 0.3) is 11.8 Å². The fourth-order valence-electron chi connectivity index (χ4n) is 4.13. The first kappa shape index (κ1) is 28.1. The number of rotatable bonds is 12. The maximum atomic E-state index is 13.1. The summed E-state index contributed by atoms with van der Waals surface area (Å²) >= 11 is 0. The summed E-state index contributed by atoms with van der Waals surface area (Å²) < 4.78 is 5.77. The molecular formula is C32H30N2O6. The van der Waals surface area contributed by atoms with Crippen molar-refractivity contribution in [3.63, 3.8) is 0 Å². The number of carbonyl (C=O) groups excluding carboxylic acids is 2. The van der Waals surface area contributed by atoms with Crippen LogP contribution in [-0.4, -0.2) is 40.1 Å². The molecule has 40 heavy (non-hydrogen) atoms. The molecule has 4 aromatic rings. The Hall–Kier alpha value is -4.95. The van der Waals surface area contributed by atoms with E-state index in [1.54, 1.807) is 84.9 Å². The SMILES string of the molecule is O=C(N[C@@H](c1ccccc1)[C@@H](O)C(=O)N[C@@H](Cc1ccc(OCc2ccccc2)cc1)C(=O)O)c1ccccc1. The lowest BCUT2D eigenvalue weighted by molar-refractivity contribution is -0.143. The number of benzene rings is 4. The van der Waals surface area contributed by atoms with Crippen molar-refractivity contribution in [1.82, 2.24) is 10.6 Å². The van der Waals surface area contributed by atoms with Gasteiger partial charge in [-0.3, -0.25) is 9.59 Å². The second-order valence-corrected chi connectivity index (χ2v) is 9.19. The first-order valence-corrected chi connectivity index (χ1v) is 12.8. The molecular weight excluding hydrogens is 508 g/mol. The normalized spacial score (nSPS) is 12.9. The zero-order valence-electron chi connectivity index (χ0n) is 21.6. The molecule has 0 aliphatic carbocycles. The average Bonchev–Trinajstić information content (AvgIpc) is 3.00. The molecule has 0 heterocycles. The summed E-state index contributed by atoms with van der Waals surface area (Å²) in [6, 6.07) is 31.2. The van der Waals surface area contributed by atoms with Crippen LogP contribution in [0, 0.1) is 0 Å². The van der Waals surface area contributed by atoms with Crippen LogP contribution in [0.5, 0.6) is 5.75 Å². The molecule has 0 aromatic heterocycles. The van der Waals surface area contributed by atoms with E-state index in [4.69, 9.17) is 4.74 Å². The highest BCUT2D eigenvalue weighted by Gasteiger charge is 2.32. The number of ether oxygens (including phenoxy) is 1. The molecule has 0 unspecified atom stereocenters. The number of carboxylic acid groups (broad SMARTS) is 1. The van der Waals surface area contributed by atoms with Crippen molar-refractivity contribution in [2.45, 2.75) is 31.2 Å². The average molecular weight is 539 g/mol. The number of aliphatic hydroxyl groups excluding tert-OH is 1. The Morgan fingerprint density at radius 3 is 1.88 bits per heavy atom. The van der Waals surface area contributed by atoms with E-state index in [9.17, 15) is 24.6 Å². The number of hydrogen-bond donors (Lipinski definition) is 4.